The lowest BCUT2D eigenvalue weighted by atomic mass is 10.2. The number of aryl methyl sites for hydroxylation is 1. The van der Waals surface area contributed by atoms with Crippen molar-refractivity contribution in [1.82, 2.24) is 4.98 Å². The van der Waals surface area contributed by atoms with Crippen LogP contribution in [-0.4, -0.2) is 17.6 Å². The summed E-state index contributed by atoms with van der Waals surface area (Å²) >= 11 is 1.76. The van der Waals surface area contributed by atoms with Crippen LogP contribution in [0.25, 0.3) is 10.2 Å². The number of aromatic nitrogens is 1. The summed E-state index contributed by atoms with van der Waals surface area (Å²) in [5, 5.41) is 1.18. The number of carbonyl (C=O) groups excluding carboxylic acids is 1. The fraction of sp³-hybridized carbons (Fsp3) is 0.333. The number of unbranched alkanes of at least 4 members (excludes halogenated alkanes) is 2. The van der Waals surface area contributed by atoms with Crippen LogP contribution >= 0.6 is 11.3 Å². The number of para-hydroxylation sites is 1. The zero-order valence-electron chi connectivity index (χ0n) is 10.8. The highest BCUT2D eigenvalue weighted by molar-refractivity contribution is 7.18. The molecule has 1 heterocycles. The van der Waals surface area contributed by atoms with E-state index in [0.717, 1.165) is 31.2 Å². The van der Waals surface area contributed by atoms with Crippen LogP contribution in [0, 0.1) is 0 Å². The summed E-state index contributed by atoms with van der Waals surface area (Å²) in [4.78, 5) is 15.4. The molecule has 1 aromatic heterocycles. The highest BCUT2D eigenvalue weighted by Gasteiger charge is 2.02. The Morgan fingerprint density at radius 2 is 2.16 bits per heavy atom. The van der Waals surface area contributed by atoms with Gasteiger partial charge in [-0.3, -0.25) is 0 Å². The third kappa shape index (κ3) is 4.17. The first-order chi connectivity index (χ1) is 9.29. The van der Waals surface area contributed by atoms with E-state index in [-0.39, 0.29) is 5.97 Å². The van der Waals surface area contributed by atoms with Crippen LogP contribution < -0.4 is 0 Å². The molecule has 0 fully saturated rings. The van der Waals surface area contributed by atoms with Crippen molar-refractivity contribution in [2.75, 3.05) is 6.61 Å². The summed E-state index contributed by atoms with van der Waals surface area (Å²) in [6, 6.07) is 8.20. The Kier molecular flexibility index (Phi) is 5.10. The molecule has 2 rings (SSSR count). The van der Waals surface area contributed by atoms with Crippen molar-refractivity contribution in [3.8, 4) is 0 Å². The molecule has 2 aromatic rings. The fourth-order valence-corrected chi connectivity index (χ4v) is 2.82. The van der Waals surface area contributed by atoms with Crippen LogP contribution in [0.4, 0.5) is 0 Å². The molecule has 1 aromatic carbocycles. The van der Waals surface area contributed by atoms with Gasteiger partial charge in [0.05, 0.1) is 21.8 Å². The second-order valence-electron chi connectivity index (χ2n) is 4.26. The molecule has 0 unspecified atom stereocenters. The lowest BCUT2D eigenvalue weighted by Crippen LogP contribution is -2.01. The van der Waals surface area contributed by atoms with E-state index < -0.39 is 0 Å². The topological polar surface area (TPSA) is 39.2 Å². The summed E-state index contributed by atoms with van der Waals surface area (Å²) in [5.41, 5.74) is 1.09. The molecule has 0 radical (unpaired) electrons. The number of carbonyl (C=O) groups is 1. The smallest absolute Gasteiger partial charge is 0.330 e. The number of thiazole rings is 1. The van der Waals surface area contributed by atoms with Gasteiger partial charge in [0.25, 0.3) is 0 Å². The van der Waals surface area contributed by atoms with E-state index in [1.165, 1.54) is 15.8 Å². The van der Waals surface area contributed by atoms with Crippen molar-refractivity contribution < 1.29 is 9.53 Å². The van der Waals surface area contributed by atoms with Gasteiger partial charge in [-0.1, -0.05) is 18.7 Å². The molecule has 0 spiro atoms. The van der Waals surface area contributed by atoms with Crippen molar-refractivity contribution in [3.63, 3.8) is 0 Å². The molecule has 0 aliphatic rings. The van der Waals surface area contributed by atoms with Gasteiger partial charge < -0.3 is 4.74 Å². The van der Waals surface area contributed by atoms with Gasteiger partial charge in [0, 0.05) is 6.08 Å². The number of hydrogen-bond donors (Lipinski definition) is 0. The zero-order chi connectivity index (χ0) is 13.5. The summed E-state index contributed by atoms with van der Waals surface area (Å²) in [6.07, 6.45) is 5.20. The summed E-state index contributed by atoms with van der Waals surface area (Å²) in [6.45, 7) is 3.83. The summed E-state index contributed by atoms with van der Waals surface area (Å²) < 4.78 is 6.17. The minimum Gasteiger partial charge on any atom is -0.463 e. The Morgan fingerprint density at radius 3 is 2.95 bits per heavy atom. The summed E-state index contributed by atoms with van der Waals surface area (Å²) in [5.74, 6) is -0.342. The van der Waals surface area contributed by atoms with Gasteiger partial charge >= 0.3 is 5.97 Å². The number of rotatable bonds is 7. The molecule has 3 nitrogen and oxygen atoms in total. The van der Waals surface area contributed by atoms with Crippen LogP contribution in [0.5, 0.6) is 0 Å². The molecule has 19 heavy (non-hydrogen) atoms. The Labute approximate surface area is 116 Å². The molecule has 100 valence electrons. The fourth-order valence-electron chi connectivity index (χ4n) is 1.81. The number of hydrogen-bond acceptors (Lipinski definition) is 4. The van der Waals surface area contributed by atoms with Gasteiger partial charge in [-0.15, -0.1) is 11.3 Å². The van der Waals surface area contributed by atoms with E-state index in [1.54, 1.807) is 11.3 Å². The maximum absolute atomic E-state index is 10.8. The van der Waals surface area contributed by atoms with E-state index in [1.807, 2.05) is 18.2 Å². The molecule has 0 atom stereocenters. The van der Waals surface area contributed by atoms with E-state index in [9.17, 15) is 4.79 Å². The lowest BCUT2D eigenvalue weighted by Gasteiger charge is -2.01. The molecule has 4 heteroatoms. The van der Waals surface area contributed by atoms with Crippen LogP contribution in [0.2, 0.25) is 0 Å². The van der Waals surface area contributed by atoms with Crippen LogP contribution in [0.15, 0.2) is 36.9 Å². The van der Waals surface area contributed by atoms with Gasteiger partial charge in [0.1, 0.15) is 0 Å². The largest absolute Gasteiger partial charge is 0.463 e. The predicted molar refractivity (Wildman–Crippen MR) is 78.3 cm³/mol. The molecule has 0 saturated carbocycles. The second-order valence-corrected chi connectivity index (χ2v) is 5.37. The van der Waals surface area contributed by atoms with Crippen molar-refractivity contribution >= 4 is 27.5 Å². The Bertz CT molecular complexity index is 529. The number of esters is 1. The van der Waals surface area contributed by atoms with Crippen LogP contribution in [0.1, 0.15) is 24.3 Å². The van der Waals surface area contributed by atoms with Gasteiger partial charge in [0.2, 0.25) is 0 Å². The quantitative estimate of drug-likeness (QED) is 0.439. The van der Waals surface area contributed by atoms with Crippen molar-refractivity contribution in [2.45, 2.75) is 25.7 Å². The molecule has 0 bridgehead atoms. The minimum absolute atomic E-state index is 0.342. The SMILES string of the molecule is C=CC(=O)OCCCCCc1nc2ccccc2s1. The van der Waals surface area contributed by atoms with Crippen LogP contribution in [0.3, 0.4) is 0 Å². The maximum Gasteiger partial charge on any atom is 0.330 e. The van der Waals surface area contributed by atoms with Gasteiger partial charge in [-0.05, 0) is 37.8 Å². The standard InChI is InChI=1S/C15H17NO2S/c1-2-15(17)18-11-7-3-4-10-14-16-12-8-5-6-9-13(12)19-14/h2,5-6,8-9H,1,3-4,7,10-11H2. The minimum atomic E-state index is -0.342. The first-order valence-electron chi connectivity index (χ1n) is 6.43. The second kappa shape index (κ2) is 7.04. The number of fused-ring (bicyclic) bond motifs is 1. The highest BCUT2D eigenvalue weighted by atomic mass is 32.1. The summed E-state index contributed by atoms with van der Waals surface area (Å²) in [7, 11) is 0. The highest BCUT2D eigenvalue weighted by Crippen LogP contribution is 2.22. The molecule has 0 N–H and O–H groups in total. The number of nitrogens with zero attached hydrogens (tertiary/aromatic N) is 1. The molecule has 0 amide bonds. The van der Waals surface area contributed by atoms with Gasteiger partial charge in [-0.25, -0.2) is 9.78 Å². The van der Waals surface area contributed by atoms with E-state index in [2.05, 4.69) is 17.6 Å². The number of ether oxygens (including phenoxy) is 1. The Balaban J connectivity index is 1.68. The molecular formula is C15H17NO2S. The zero-order valence-corrected chi connectivity index (χ0v) is 11.6. The predicted octanol–water partition coefficient (Wildman–Crippen LogP) is 3.74. The first-order valence-corrected chi connectivity index (χ1v) is 7.25. The normalized spacial score (nSPS) is 10.5. The molecule has 0 saturated heterocycles. The van der Waals surface area contributed by atoms with Crippen LogP contribution in [-0.2, 0) is 16.0 Å². The van der Waals surface area contributed by atoms with Crippen molar-refractivity contribution in [1.29, 1.82) is 0 Å². The third-order valence-corrected chi connectivity index (χ3v) is 3.88. The van der Waals surface area contributed by atoms with E-state index in [0.29, 0.717) is 6.61 Å². The average Bonchev–Trinajstić information content (AvgIpc) is 2.84. The number of benzene rings is 1. The molecular weight excluding hydrogens is 258 g/mol. The monoisotopic (exact) mass is 275 g/mol. The van der Waals surface area contributed by atoms with Gasteiger partial charge in [0.15, 0.2) is 0 Å². The Morgan fingerprint density at radius 1 is 1.32 bits per heavy atom. The average molecular weight is 275 g/mol. The van der Waals surface area contributed by atoms with E-state index >= 15 is 0 Å². The Hall–Kier alpha value is -1.68. The maximum atomic E-state index is 10.8. The van der Waals surface area contributed by atoms with Crippen molar-refractivity contribution in [2.24, 2.45) is 0 Å². The first kappa shape index (κ1) is 13.7. The molecule has 0 aliphatic heterocycles. The van der Waals surface area contributed by atoms with Gasteiger partial charge in [-0.2, -0.15) is 0 Å². The molecule has 0 aliphatic carbocycles. The van der Waals surface area contributed by atoms with Crippen molar-refractivity contribution in [3.05, 3.63) is 41.9 Å². The van der Waals surface area contributed by atoms with E-state index in [4.69, 9.17) is 4.74 Å². The lowest BCUT2D eigenvalue weighted by molar-refractivity contribution is -0.137. The third-order valence-electron chi connectivity index (χ3n) is 2.78.